The molecule has 0 aliphatic heterocycles. The molecule has 0 saturated heterocycles. The highest BCUT2D eigenvalue weighted by Crippen LogP contribution is 2.29. The molecule has 0 amide bonds. The Hall–Kier alpha value is -2.01. The summed E-state index contributed by atoms with van der Waals surface area (Å²) in [7, 11) is 1.62. The molecule has 3 N–H and O–H groups in total. The number of benzene rings is 1. The Morgan fingerprint density at radius 2 is 2.17 bits per heavy atom. The number of nitrogens with two attached hydrogens (primary N) is 1. The molecule has 0 saturated carbocycles. The number of aromatic nitrogens is 2. The average molecular weight is 247 g/mol. The highest BCUT2D eigenvalue weighted by atomic mass is 16.5. The molecule has 5 heteroatoms. The van der Waals surface area contributed by atoms with Crippen LogP contribution in [0, 0.1) is 0 Å². The minimum atomic E-state index is -0.488. The van der Waals surface area contributed by atoms with Gasteiger partial charge in [0.15, 0.2) is 0 Å². The first-order chi connectivity index (χ1) is 8.61. The van der Waals surface area contributed by atoms with E-state index in [9.17, 15) is 5.11 Å². The monoisotopic (exact) mass is 247 g/mol. The molecule has 96 valence electrons. The molecule has 1 aromatic heterocycles. The summed E-state index contributed by atoms with van der Waals surface area (Å²) in [5.41, 5.74) is 7.49. The molecule has 18 heavy (non-hydrogen) atoms. The zero-order valence-electron chi connectivity index (χ0n) is 10.5. The number of nitrogen functional groups attached to an aromatic ring is 1. The van der Waals surface area contributed by atoms with Gasteiger partial charge < -0.3 is 15.6 Å². The number of methoxy groups -OCH3 is 1. The van der Waals surface area contributed by atoms with Gasteiger partial charge in [0.2, 0.25) is 0 Å². The van der Waals surface area contributed by atoms with Crippen molar-refractivity contribution in [1.29, 1.82) is 0 Å². The van der Waals surface area contributed by atoms with Crippen molar-refractivity contribution in [1.82, 2.24) is 9.78 Å². The summed E-state index contributed by atoms with van der Waals surface area (Å²) in [6.07, 6.45) is -0.488. The van der Waals surface area contributed by atoms with E-state index in [0.717, 1.165) is 17.0 Å². The van der Waals surface area contributed by atoms with Crippen molar-refractivity contribution in [2.24, 2.45) is 0 Å². The molecule has 2 aromatic rings. The van der Waals surface area contributed by atoms with Gasteiger partial charge in [-0.1, -0.05) is 12.1 Å². The van der Waals surface area contributed by atoms with Gasteiger partial charge in [0.05, 0.1) is 25.5 Å². The summed E-state index contributed by atoms with van der Waals surface area (Å²) in [6, 6.07) is 9.40. The summed E-state index contributed by atoms with van der Waals surface area (Å²) in [6.45, 7) is 2.07. The molecular formula is C13H17N3O2. The van der Waals surface area contributed by atoms with Crippen LogP contribution in [-0.4, -0.2) is 28.1 Å². The first kappa shape index (κ1) is 12.4. The first-order valence-electron chi connectivity index (χ1n) is 5.76. The van der Waals surface area contributed by atoms with E-state index < -0.39 is 6.10 Å². The predicted octanol–water partition coefficient (Wildman–Crippen LogP) is 1.52. The molecule has 1 aromatic carbocycles. The van der Waals surface area contributed by atoms with Gasteiger partial charge in [-0.25, -0.2) is 4.68 Å². The fourth-order valence-electron chi connectivity index (χ4n) is 1.82. The molecule has 0 bridgehead atoms. The van der Waals surface area contributed by atoms with E-state index in [1.165, 1.54) is 0 Å². The molecule has 0 spiro atoms. The topological polar surface area (TPSA) is 73.3 Å². The van der Waals surface area contributed by atoms with E-state index in [2.05, 4.69) is 5.10 Å². The zero-order valence-corrected chi connectivity index (χ0v) is 10.5. The standard InChI is InChI=1S/C13H17N3O2/c1-9(17)8-16-13(14)7-11(15-16)10-5-3-4-6-12(10)18-2/h3-7,9,17H,8,14H2,1-2H3. The maximum atomic E-state index is 9.37. The van der Waals surface area contributed by atoms with Crippen LogP contribution < -0.4 is 10.5 Å². The minimum Gasteiger partial charge on any atom is -0.496 e. The number of hydrogen-bond donors (Lipinski definition) is 2. The number of nitrogens with zero attached hydrogens (tertiary/aromatic N) is 2. The van der Waals surface area contributed by atoms with E-state index in [-0.39, 0.29) is 0 Å². The lowest BCUT2D eigenvalue weighted by Crippen LogP contribution is -2.14. The molecule has 0 fully saturated rings. The van der Waals surface area contributed by atoms with Gasteiger partial charge in [-0.15, -0.1) is 0 Å². The second-order valence-electron chi connectivity index (χ2n) is 4.19. The van der Waals surface area contributed by atoms with Crippen molar-refractivity contribution in [3.05, 3.63) is 30.3 Å². The molecule has 5 nitrogen and oxygen atoms in total. The van der Waals surface area contributed by atoms with Crippen LogP contribution in [-0.2, 0) is 6.54 Å². The van der Waals surface area contributed by atoms with Gasteiger partial charge in [0, 0.05) is 11.6 Å². The van der Waals surface area contributed by atoms with E-state index in [0.29, 0.717) is 12.4 Å². The van der Waals surface area contributed by atoms with Crippen molar-refractivity contribution in [3.63, 3.8) is 0 Å². The van der Waals surface area contributed by atoms with Crippen molar-refractivity contribution >= 4 is 5.82 Å². The van der Waals surface area contributed by atoms with E-state index in [1.807, 2.05) is 24.3 Å². The molecule has 1 atom stereocenters. The average Bonchev–Trinajstić information content (AvgIpc) is 2.70. The fourth-order valence-corrected chi connectivity index (χ4v) is 1.82. The van der Waals surface area contributed by atoms with Crippen LogP contribution in [0.4, 0.5) is 5.82 Å². The van der Waals surface area contributed by atoms with Crippen molar-refractivity contribution in [3.8, 4) is 17.0 Å². The quantitative estimate of drug-likeness (QED) is 0.859. The summed E-state index contributed by atoms with van der Waals surface area (Å²) in [4.78, 5) is 0. The molecule has 1 heterocycles. The second kappa shape index (κ2) is 5.10. The van der Waals surface area contributed by atoms with Gasteiger partial charge in [0.25, 0.3) is 0 Å². The van der Waals surface area contributed by atoms with Crippen molar-refractivity contribution < 1.29 is 9.84 Å². The lowest BCUT2D eigenvalue weighted by molar-refractivity contribution is 0.169. The van der Waals surface area contributed by atoms with Crippen LogP contribution in [0.15, 0.2) is 30.3 Å². The summed E-state index contributed by atoms with van der Waals surface area (Å²) >= 11 is 0. The van der Waals surface area contributed by atoms with Crippen molar-refractivity contribution in [2.45, 2.75) is 19.6 Å². The van der Waals surface area contributed by atoms with E-state index in [1.54, 1.807) is 24.8 Å². The van der Waals surface area contributed by atoms with Crippen LogP contribution in [0.5, 0.6) is 5.75 Å². The number of rotatable bonds is 4. The Kier molecular flexibility index (Phi) is 3.53. The van der Waals surface area contributed by atoms with Crippen LogP contribution in [0.3, 0.4) is 0 Å². The Morgan fingerprint density at radius 1 is 1.44 bits per heavy atom. The number of anilines is 1. The van der Waals surface area contributed by atoms with Gasteiger partial charge in [-0.05, 0) is 19.1 Å². The molecule has 0 aliphatic carbocycles. The second-order valence-corrected chi connectivity index (χ2v) is 4.19. The molecular weight excluding hydrogens is 230 g/mol. The minimum absolute atomic E-state index is 0.376. The van der Waals surface area contributed by atoms with Gasteiger partial charge in [-0.2, -0.15) is 5.10 Å². The number of hydrogen-bond acceptors (Lipinski definition) is 4. The number of aliphatic hydroxyl groups is 1. The van der Waals surface area contributed by atoms with Crippen LogP contribution in [0.2, 0.25) is 0 Å². The van der Waals surface area contributed by atoms with Crippen LogP contribution in [0.1, 0.15) is 6.92 Å². The summed E-state index contributed by atoms with van der Waals surface area (Å²) in [5.74, 6) is 1.27. The first-order valence-corrected chi connectivity index (χ1v) is 5.76. The maximum Gasteiger partial charge on any atom is 0.128 e. The van der Waals surface area contributed by atoms with Crippen LogP contribution in [0.25, 0.3) is 11.3 Å². The Morgan fingerprint density at radius 3 is 2.83 bits per heavy atom. The molecule has 0 aliphatic rings. The largest absolute Gasteiger partial charge is 0.496 e. The van der Waals surface area contributed by atoms with Crippen LogP contribution >= 0.6 is 0 Å². The highest BCUT2D eigenvalue weighted by molar-refractivity contribution is 5.69. The third-order valence-corrected chi connectivity index (χ3v) is 2.63. The normalized spacial score (nSPS) is 12.4. The molecule has 0 radical (unpaired) electrons. The number of aliphatic hydroxyl groups excluding tert-OH is 1. The Bertz CT molecular complexity index is 535. The zero-order chi connectivity index (χ0) is 13.1. The van der Waals surface area contributed by atoms with E-state index >= 15 is 0 Å². The van der Waals surface area contributed by atoms with Crippen molar-refractivity contribution in [2.75, 3.05) is 12.8 Å². The summed E-state index contributed by atoms with van der Waals surface area (Å²) in [5, 5.41) is 13.8. The smallest absolute Gasteiger partial charge is 0.128 e. The van der Waals surface area contributed by atoms with Gasteiger partial charge >= 0.3 is 0 Å². The lowest BCUT2D eigenvalue weighted by Gasteiger charge is -2.06. The number of ether oxygens (including phenoxy) is 1. The van der Waals surface area contributed by atoms with Gasteiger partial charge in [0.1, 0.15) is 11.6 Å². The van der Waals surface area contributed by atoms with Gasteiger partial charge in [-0.3, -0.25) is 0 Å². The Balaban J connectivity index is 2.39. The molecule has 2 rings (SSSR count). The SMILES string of the molecule is COc1ccccc1-c1cc(N)n(CC(C)O)n1. The van der Waals surface area contributed by atoms with E-state index in [4.69, 9.17) is 10.5 Å². The lowest BCUT2D eigenvalue weighted by atomic mass is 10.1. The third-order valence-electron chi connectivity index (χ3n) is 2.63. The third kappa shape index (κ3) is 2.46. The molecule has 1 unspecified atom stereocenters. The maximum absolute atomic E-state index is 9.37. The predicted molar refractivity (Wildman–Crippen MR) is 70.3 cm³/mol. The number of para-hydroxylation sites is 1. The fraction of sp³-hybridized carbons (Fsp3) is 0.308. The highest BCUT2D eigenvalue weighted by Gasteiger charge is 2.12. The summed E-state index contributed by atoms with van der Waals surface area (Å²) < 4.78 is 6.88. The Labute approximate surface area is 106 Å².